The molecule has 0 aliphatic rings. The van der Waals surface area contributed by atoms with E-state index >= 15 is 0 Å². The van der Waals surface area contributed by atoms with Crippen molar-refractivity contribution in [2.24, 2.45) is 0 Å². The Labute approximate surface area is 92.2 Å². The zero-order chi connectivity index (χ0) is 11.5. The van der Waals surface area contributed by atoms with Crippen LogP contribution in [0.5, 0.6) is 0 Å². The van der Waals surface area contributed by atoms with Crippen LogP contribution >= 0.6 is 0 Å². The van der Waals surface area contributed by atoms with Gasteiger partial charge in [0.25, 0.3) is 0 Å². The van der Waals surface area contributed by atoms with E-state index < -0.39 is 0 Å². The normalized spacial score (nSPS) is 11.7. The van der Waals surface area contributed by atoms with Gasteiger partial charge in [-0.3, -0.25) is 0 Å². The molecule has 0 saturated heterocycles. The van der Waals surface area contributed by atoms with Gasteiger partial charge in [-0.25, -0.2) is 4.98 Å². The van der Waals surface area contributed by atoms with E-state index in [0.29, 0.717) is 0 Å². The number of imidazole rings is 1. The predicted molar refractivity (Wildman–Crippen MR) is 63.8 cm³/mol. The Morgan fingerprint density at radius 1 is 1.53 bits per heavy atom. The van der Waals surface area contributed by atoms with Crippen LogP contribution in [-0.2, 0) is 13.1 Å². The first-order chi connectivity index (χ1) is 6.94. The van der Waals surface area contributed by atoms with Crippen LogP contribution in [0.3, 0.4) is 0 Å². The molecule has 15 heavy (non-hydrogen) atoms. The fourth-order valence-electron chi connectivity index (χ4n) is 1.39. The molecule has 0 aliphatic heterocycles. The van der Waals surface area contributed by atoms with E-state index in [2.05, 4.69) is 42.2 Å². The quantitative estimate of drug-likeness (QED) is 0.768. The number of hydrogen-bond donors (Lipinski definition) is 1. The highest BCUT2D eigenvalue weighted by atomic mass is 15.1. The monoisotopic (exact) mass is 207 g/mol. The van der Waals surface area contributed by atoms with Crippen LogP contribution in [-0.4, -0.2) is 15.1 Å². The van der Waals surface area contributed by atoms with Crippen LogP contribution < -0.4 is 5.32 Å². The lowest BCUT2D eigenvalue weighted by molar-refractivity contribution is 0.416. The third kappa shape index (κ3) is 3.51. The molecule has 1 aromatic heterocycles. The summed E-state index contributed by atoms with van der Waals surface area (Å²) in [6.07, 6.45) is 3.83. The molecule has 1 aromatic rings. The second kappa shape index (κ2) is 4.62. The minimum Gasteiger partial charge on any atom is -0.327 e. The van der Waals surface area contributed by atoms with Crippen molar-refractivity contribution < 1.29 is 0 Å². The maximum atomic E-state index is 4.31. The summed E-state index contributed by atoms with van der Waals surface area (Å²) < 4.78 is 2.17. The van der Waals surface area contributed by atoms with Crippen molar-refractivity contribution in [2.45, 2.75) is 46.3 Å². The molecule has 0 fully saturated rings. The van der Waals surface area contributed by atoms with Crippen molar-refractivity contribution in [3.8, 4) is 0 Å². The Hall–Kier alpha value is -1.09. The summed E-state index contributed by atoms with van der Waals surface area (Å²) in [5, 5.41) is 3.46. The molecular formula is C12H21N3. The number of allylic oxidation sites excluding steroid dienone is 1. The average molecular weight is 207 g/mol. The zero-order valence-corrected chi connectivity index (χ0v) is 10.2. The van der Waals surface area contributed by atoms with Gasteiger partial charge in [-0.1, -0.05) is 6.08 Å². The SMILES string of the molecule is C=CCn1c(CNC(C)(C)C)cnc1C. The summed E-state index contributed by atoms with van der Waals surface area (Å²) in [7, 11) is 0. The Morgan fingerprint density at radius 3 is 2.73 bits per heavy atom. The lowest BCUT2D eigenvalue weighted by Crippen LogP contribution is -2.35. The summed E-state index contributed by atoms with van der Waals surface area (Å²) in [5.74, 6) is 1.04. The first-order valence-corrected chi connectivity index (χ1v) is 5.31. The van der Waals surface area contributed by atoms with Crippen LogP contribution in [0.2, 0.25) is 0 Å². The number of nitrogens with one attached hydrogen (secondary N) is 1. The van der Waals surface area contributed by atoms with E-state index in [1.54, 1.807) is 0 Å². The maximum absolute atomic E-state index is 4.31. The highest BCUT2D eigenvalue weighted by Gasteiger charge is 2.11. The molecule has 0 saturated carbocycles. The molecule has 0 amide bonds. The highest BCUT2D eigenvalue weighted by molar-refractivity contribution is 5.06. The molecule has 0 bridgehead atoms. The molecule has 1 heterocycles. The van der Waals surface area contributed by atoms with Gasteiger partial charge in [-0.05, 0) is 27.7 Å². The van der Waals surface area contributed by atoms with Crippen LogP contribution in [0.4, 0.5) is 0 Å². The Morgan fingerprint density at radius 2 is 2.20 bits per heavy atom. The van der Waals surface area contributed by atoms with Crippen molar-refractivity contribution in [1.82, 2.24) is 14.9 Å². The topological polar surface area (TPSA) is 29.9 Å². The average Bonchev–Trinajstić information content (AvgIpc) is 2.45. The molecule has 3 heteroatoms. The fraction of sp³-hybridized carbons (Fsp3) is 0.583. The van der Waals surface area contributed by atoms with E-state index in [-0.39, 0.29) is 5.54 Å². The van der Waals surface area contributed by atoms with Gasteiger partial charge in [-0.2, -0.15) is 0 Å². The standard InChI is InChI=1S/C12H21N3/c1-6-7-15-10(2)13-8-11(15)9-14-12(3,4)5/h6,8,14H,1,7,9H2,2-5H3. The molecule has 0 spiro atoms. The van der Waals surface area contributed by atoms with E-state index in [0.717, 1.165) is 18.9 Å². The Kier molecular flexibility index (Phi) is 3.69. The third-order valence-corrected chi connectivity index (χ3v) is 2.25. The molecule has 1 rings (SSSR count). The molecule has 0 radical (unpaired) electrons. The van der Waals surface area contributed by atoms with E-state index in [1.807, 2.05) is 19.2 Å². The Bertz CT molecular complexity index is 331. The largest absolute Gasteiger partial charge is 0.327 e. The molecule has 3 nitrogen and oxygen atoms in total. The Balaban J connectivity index is 2.72. The van der Waals surface area contributed by atoms with Gasteiger partial charge in [0.2, 0.25) is 0 Å². The molecule has 1 N–H and O–H groups in total. The maximum Gasteiger partial charge on any atom is 0.106 e. The van der Waals surface area contributed by atoms with Crippen LogP contribution in [0.25, 0.3) is 0 Å². The number of hydrogen-bond acceptors (Lipinski definition) is 2. The zero-order valence-electron chi connectivity index (χ0n) is 10.2. The summed E-state index contributed by atoms with van der Waals surface area (Å²) in [6, 6.07) is 0. The molecule has 0 aliphatic carbocycles. The van der Waals surface area contributed by atoms with E-state index in [4.69, 9.17) is 0 Å². The minimum atomic E-state index is 0.136. The smallest absolute Gasteiger partial charge is 0.106 e. The number of rotatable bonds is 4. The fourth-order valence-corrected chi connectivity index (χ4v) is 1.39. The number of aryl methyl sites for hydroxylation is 1. The molecule has 0 unspecified atom stereocenters. The number of aromatic nitrogens is 2. The molecular weight excluding hydrogens is 186 g/mol. The van der Waals surface area contributed by atoms with Crippen LogP contribution in [0.1, 0.15) is 32.3 Å². The van der Waals surface area contributed by atoms with Gasteiger partial charge >= 0.3 is 0 Å². The van der Waals surface area contributed by atoms with Crippen molar-refractivity contribution >= 4 is 0 Å². The van der Waals surface area contributed by atoms with Crippen LogP contribution in [0.15, 0.2) is 18.9 Å². The summed E-state index contributed by atoms with van der Waals surface area (Å²) in [6.45, 7) is 13.9. The van der Waals surface area contributed by atoms with E-state index in [9.17, 15) is 0 Å². The predicted octanol–water partition coefficient (Wildman–Crippen LogP) is 2.27. The van der Waals surface area contributed by atoms with E-state index in [1.165, 1.54) is 5.69 Å². The number of nitrogens with zero attached hydrogens (tertiary/aromatic N) is 2. The first-order valence-electron chi connectivity index (χ1n) is 5.31. The second-order valence-electron chi connectivity index (χ2n) is 4.80. The van der Waals surface area contributed by atoms with Gasteiger partial charge in [0.05, 0.1) is 5.69 Å². The molecule has 84 valence electrons. The molecule has 0 aromatic carbocycles. The summed E-state index contributed by atoms with van der Waals surface area (Å²) in [4.78, 5) is 4.31. The molecule has 0 atom stereocenters. The van der Waals surface area contributed by atoms with Crippen molar-refractivity contribution in [2.75, 3.05) is 0 Å². The second-order valence-corrected chi connectivity index (χ2v) is 4.80. The summed E-state index contributed by atoms with van der Waals surface area (Å²) in [5.41, 5.74) is 1.35. The van der Waals surface area contributed by atoms with Gasteiger partial charge in [0.1, 0.15) is 5.82 Å². The van der Waals surface area contributed by atoms with Crippen molar-refractivity contribution in [3.05, 3.63) is 30.4 Å². The van der Waals surface area contributed by atoms with Gasteiger partial charge in [-0.15, -0.1) is 6.58 Å². The van der Waals surface area contributed by atoms with Gasteiger partial charge in [0.15, 0.2) is 0 Å². The third-order valence-electron chi connectivity index (χ3n) is 2.25. The lowest BCUT2D eigenvalue weighted by atomic mass is 10.1. The van der Waals surface area contributed by atoms with Gasteiger partial charge < -0.3 is 9.88 Å². The van der Waals surface area contributed by atoms with Crippen molar-refractivity contribution in [3.63, 3.8) is 0 Å². The van der Waals surface area contributed by atoms with Crippen LogP contribution in [0, 0.1) is 6.92 Å². The highest BCUT2D eigenvalue weighted by Crippen LogP contribution is 2.07. The first kappa shape index (κ1) is 12.0. The minimum absolute atomic E-state index is 0.136. The van der Waals surface area contributed by atoms with Gasteiger partial charge in [0, 0.05) is 24.8 Å². The lowest BCUT2D eigenvalue weighted by Gasteiger charge is -2.21. The van der Waals surface area contributed by atoms with Crippen molar-refractivity contribution in [1.29, 1.82) is 0 Å². The summed E-state index contributed by atoms with van der Waals surface area (Å²) >= 11 is 0.